The van der Waals surface area contributed by atoms with Gasteiger partial charge < -0.3 is 19.9 Å². The van der Waals surface area contributed by atoms with E-state index in [0.29, 0.717) is 31.6 Å². The van der Waals surface area contributed by atoms with Crippen LogP contribution >= 0.6 is 0 Å². The zero-order valence-electron chi connectivity index (χ0n) is 19.4. The predicted octanol–water partition coefficient (Wildman–Crippen LogP) is 5.12. The van der Waals surface area contributed by atoms with E-state index in [1.165, 1.54) is 5.56 Å². The lowest BCUT2D eigenvalue weighted by Crippen LogP contribution is -2.44. The number of hydrogen-bond donors (Lipinski definition) is 2. The second kappa shape index (κ2) is 9.28. The lowest BCUT2D eigenvalue weighted by atomic mass is 9.73. The highest BCUT2D eigenvalue weighted by Crippen LogP contribution is 2.35. The van der Waals surface area contributed by atoms with Crippen LogP contribution in [0.5, 0.6) is 5.75 Å². The lowest BCUT2D eigenvalue weighted by Gasteiger charge is -2.37. The van der Waals surface area contributed by atoms with Crippen LogP contribution in [0.25, 0.3) is 0 Å². The summed E-state index contributed by atoms with van der Waals surface area (Å²) in [5.41, 5.74) is 3.13. The van der Waals surface area contributed by atoms with Gasteiger partial charge in [0, 0.05) is 24.2 Å². The topological polar surface area (TPSA) is 67.8 Å². The normalized spacial score (nSPS) is 14.8. The number of hydrogen-bond acceptors (Lipinski definition) is 5. The molecule has 1 atom stereocenters. The van der Waals surface area contributed by atoms with Gasteiger partial charge in [-0.25, -0.2) is 4.79 Å². The Hall–Kier alpha value is -3.31. The van der Waals surface area contributed by atoms with E-state index in [0.717, 1.165) is 22.6 Å². The first-order valence-corrected chi connectivity index (χ1v) is 11.2. The fourth-order valence-electron chi connectivity index (χ4n) is 4.65. The predicted molar refractivity (Wildman–Crippen MR) is 130 cm³/mol. The summed E-state index contributed by atoms with van der Waals surface area (Å²) in [5.74, 6) is 0.466. The number of esters is 1. The Labute approximate surface area is 195 Å². The van der Waals surface area contributed by atoms with Crippen LogP contribution in [-0.4, -0.2) is 30.3 Å². The third-order valence-electron chi connectivity index (χ3n) is 6.30. The first-order valence-electron chi connectivity index (χ1n) is 11.2. The molecule has 33 heavy (non-hydrogen) atoms. The first-order chi connectivity index (χ1) is 15.8. The molecule has 172 valence electrons. The van der Waals surface area contributed by atoms with Crippen LogP contribution in [-0.2, 0) is 23.2 Å². The number of ether oxygens (including phenoxy) is 2. The first kappa shape index (κ1) is 22.9. The molecule has 0 radical (unpaired) electrons. The van der Waals surface area contributed by atoms with Gasteiger partial charge in [-0.3, -0.25) is 0 Å². The molecular weight excluding hydrogens is 414 g/mol. The van der Waals surface area contributed by atoms with Gasteiger partial charge >= 0.3 is 5.97 Å². The Bertz CT molecular complexity index is 1130. The highest BCUT2D eigenvalue weighted by atomic mass is 16.5. The van der Waals surface area contributed by atoms with Crippen molar-refractivity contribution in [1.82, 2.24) is 0 Å². The van der Waals surface area contributed by atoms with E-state index >= 15 is 0 Å². The van der Waals surface area contributed by atoms with Crippen LogP contribution < -0.4 is 10.1 Å². The molecule has 0 aliphatic carbocycles. The van der Waals surface area contributed by atoms with Crippen LogP contribution in [0.3, 0.4) is 0 Å². The van der Waals surface area contributed by atoms with Gasteiger partial charge in [0.05, 0.1) is 18.3 Å². The molecule has 0 saturated carbocycles. The van der Waals surface area contributed by atoms with Gasteiger partial charge in [-0.05, 0) is 47.2 Å². The third-order valence-corrected chi connectivity index (χ3v) is 6.30. The molecule has 5 nitrogen and oxygen atoms in total. The van der Waals surface area contributed by atoms with Crippen molar-refractivity contribution in [3.05, 3.63) is 95.1 Å². The fourth-order valence-corrected chi connectivity index (χ4v) is 4.65. The molecule has 0 fully saturated rings. The monoisotopic (exact) mass is 445 g/mol. The van der Waals surface area contributed by atoms with Crippen molar-refractivity contribution in [2.24, 2.45) is 0 Å². The molecular formula is C28H31NO4. The number of methoxy groups -OCH3 is 1. The number of benzene rings is 3. The number of anilines is 1. The molecule has 0 saturated heterocycles. The molecule has 0 aromatic heterocycles. The summed E-state index contributed by atoms with van der Waals surface area (Å²) < 4.78 is 10.5. The van der Waals surface area contributed by atoms with Gasteiger partial charge in [-0.15, -0.1) is 0 Å². The Morgan fingerprint density at radius 1 is 1.03 bits per heavy atom. The van der Waals surface area contributed by atoms with Crippen molar-refractivity contribution in [2.45, 2.75) is 44.3 Å². The summed E-state index contributed by atoms with van der Waals surface area (Å²) in [6.45, 7) is 4.96. The van der Waals surface area contributed by atoms with Crippen molar-refractivity contribution >= 4 is 11.7 Å². The lowest BCUT2D eigenvalue weighted by molar-refractivity contribution is 0.0257. The van der Waals surface area contributed by atoms with Crippen LogP contribution in [0, 0.1) is 0 Å². The second-order valence-corrected chi connectivity index (χ2v) is 9.48. The Morgan fingerprint density at radius 3 is 2.58 bits per heavy atom. The summed E-state index contributed by atoms with van der Waals surface area (Å²) >= 11 is 0. The number of rotatable bonds is 9. The average Bonchev–Trinajstić information content (AvgIpc) is 3.18. The maximum Gasteiger partial charge on any atom is 0.338 e. The van der Waals surface area contributed by atoms with Crippen molar-refractivity contribution in [2.75, 3.05) is 19.0 Å². The van der Waals surface area contributed by atoms with Gasteiger partial charge in [0.2, 0.25) is 0 Å². The highest BCUT2D eigenvalue weighted by Gasteiger charge is 2.36. The second-order valence-electron chi connectivity index (χ2n) is 9.48. The zero-order chi connectivity index (χ0) is 23.5. The van der Waals surface area contributed by atoms with E-state index < -0.39 is 5.60 Å². The summed E-state index contributed by atoms with van der Waals surface area (Å²) in [5, 5.41) is 15.3. The maximum atomic E-state index is 12.0. The molecule has 0 bridgehead atoms. The van der Waals surface area contributed by atoms with Gasteiger partial charge in [0.15, 0.2) is 0 Å². The van der Waals surface area contributed by atoms with E-state index in [4.69, 9.17) is 9.47 Å². The Morgan fingerprint density at radius 2 is 1.82 bits per heavy atom. The van der Waals surface area contributed by atoms with E-state index in [1.54, 1.807) is 13.2 Å². The van der Waals surface area contributed by atoms with Crippen molar-refractivity contribution < 1.29 is 19.4 Å². The van der Waals surface area contributed by atoms with Crippen molar-refractivity contribution in [1.29, 1.82) is 0 Å². The molecule has 3 aromatic carbocycles. The molecule has 1 heterocycles. The van der Waals surface area contributed by atoms with E-state index in [-0.39, 0.29) is 11.4 Å². The molecule has 0 spiro atoms. The highest BCUT2D eigenvalue weighted by molar-refractivity contribution is 5.94. The minimum atomic E-state index is -1.05. The molecule has 1 aliphatic heterocycles. The van der Waals surface area contributed by atoms with Crippen LogP contribution in [0.15, 0.2) is 72.8 Å². The van der Waals surface area contributed by atoms with Gasteiger partial charge in [-0.1, -0.05) is 62.4 Å². The van der Waals surface area contributed by atoms with Crippen LogP contribution in [0.4, 0.5) is 5.69 Å². The molecule has 3 aromatic rings. The standard InChI is InChI=1S/C28H31NO4/c1-27(2,22-9-5-4-6-10-22)18-28(31,16-20-8-7-11-24(14-20)32-3)19-29-23-13-12-21-17-33-26(30)25(21)15-23/h4-15,29,31H,16-19H2,1-3H3. The number of carbonyl (C=O) groups excluding carboxylic acids is 1. The quantitative estimate of drug-likeness (QED) is 0.448. The molecule has 1 aliphatic rings. The number of aliphatic hydroxyl groups is 1. The molecule has 0 amide bonds. The number of fused-ring (bicyclic) bond motifs is 1. The van der Waals surface area contributed by atoms with E-state index in [2.05, 4.69) is 31.3 Å². The molecule has 2 N–H and O–H groups in total. The van der Waals surface area contributed by atoms with Crippen LogP contribution in [0.2, 0.25) is 0 Å². The van der Waals surface area contributed by atoms with E-state index in [9.17, 15) is 9.90 Å². The Kier molecular flexibility index (Phi) is 6.43. The summed E-state index contributed by atoms with van der Waals surface area (Å²) in [6.07, 6.45) is 1.00. The zero-order valence-corrected chi connectivity index (χ0v) is 19.4. The smallest absolute Gasteiger partial charge is 0.338 e. The summed E-state index contributed by atoms with van der Waals surface area (Å²) in [6, 6.07) is 23.7. The minimum Gasteiger partial charge on any atom is -0.497 e. The van der Waals surface area contributed by atoms with Gasteiger partial charge in [0.1, 0.15) is 12.4 Å². The number of cyclic esters (lactones) is 1. The number of nitrogens with one attached hydrogen (secondary N) is 1. The SMILES string of the molecule is COc1cccc(CC(O)(CNc2ccc3c(c2)C(=O)OC3)CC(C)(C)c2ccccc2)c1. The van der Waals surface area contributed by atoms with Gasteiger partial charge in [-0.2, -0.15) is 0 Å². The maximum absolute atomic E-state index is 12.0. The molecule has 4 rings (SSSR count). The summed E-state index contributed by atoms with van der Waals surface area (Å²) in [7, 11) is 1.64. The third kappa shape index (κ3) is 5.37. The van der Waals surface area contributed by atoms with Crippen molar-refractivity contribution in [3.63, 3.8) is 0 Å². The number of carbonyl (C=O) groups is 1. The van der Waals surface area contributed by atoms with Gasteiger partial charge in [0.25, 0.3) is 0 Å². The summed E-state index contributed by atoms with van der Waals surface area (Å²) in [4.78, 5) is 12.0. The van der Waals surface area contributed by atoms with Crippen LogP contribution in [0.1, 0.15) is 47.3 Å². The Balaban J connectivity index is 1.59. The molecule has 1 unspecified atom stereocenters. The minimum absolute atomic E-state index is 0.252. The van der Waals surface area contributed by atoms with E-state index in [1.807, 2.05) is 54.6 Å². The van der Waals surface area contributed by atoms with Crippen molar-refractivity contribution in [3.8, 4) is 5.75 Å². The fraction of sp³-hybridized carbons (Fsp3) is 0.321. The largest absolute Gasteiger partial charge is 0.497 e. The molecule has 5 heteroatoms. The average molecular weight is 446 g/mol.